The molecule has 0 spiro atoms. The van der Waals surface area contributed by atoms with Crippen LogP contribution in [-0.2, 0) is 10.0 Å². The summed E-state index contributed by atoms with van der Waals surface area (Å²) in [6.07, 6.45) is 5.03. The van der Waals surface area contributed by atoms with Gasteiger partial charge in [0.1, 0.15) is 0 Å². The van der Waals surface area contributed by atoms with Gasteiger partial charge in [0.05, 0.1) is 6.26 Å². The van der Waals surface area contributed by atoms with Crippen molar-refractivity contribution in [3.05, 3.63) is 0 Å². The van der Waals surface area contributed by atoms with Gasteiger partial charge in [-0.3, -0.25) is 9.89 Å². The van der Waals surface area contributed by atoms with E-state index in [1.54, 1.807) is 7.05 Å². The van der Waals surface area contributed by atoms with E-state index >= 15 is 0 Å². The second kappa shape index (κ2) is 8.69. The minimum absolute atomic E-state index is 0.0725. The van der Waals surface area contributed by atoms with E-state index in [0.717, 1.165) is 25.9 Å². The number of nitrogens with zero attached hydrogens (tertiary/aromatic N) is 2. The largest absolute Gasteiger partial charge is 0.355 e. The van der Waals surface area contributed by atoms with Crippen LogP contribution in [0.4, 0.5) is 0 Å². The Morgan fingerprint density at radius 1 is 1.14 bits per heavy atom. The number of hydrogen-bond donors (Lipinski definition) is 3. The van der Waals surface area contributed by atoms with Gasteiger partial charge in [-0.05, 0) is 39.8 Å². The van der Waals surface area contributed by atoms with E-state index in [-0.39, 0.29) is 5.54 Å². The van der Waals surface area contributed by atoms with Crippen LogP contribution in [0.15, 0.2) is 4.99 Å². The summed E-state index contributed by atoms with van der Waals surface area (Å²) in [4.78, 5) is 6.68. The third kappa shape index (κ3) is 7.42. The molecule has 1 aliphatic heterocycles. The number of hydrogen-bond acceptors (Lipinski definition) is 4. The number of sulfonamides is 1. The van der Waals surface area contributed by atoms with E-state index in [1.807, 2.05) is 0 Å². The fourth-order valence-corrected chi connectivity index (χ4v) is 3.02. The van der Waals surface area contributed by atoms with E-state index in [0.29, 0.717) is 19.0 Å². The Bertz CT molecular complexity index is 456. The third-order valence-electron chi connectivity index (χ3n) is 3.91. The van der Waals surface area contributed by atoms with Gasteiger partial charge in [0.15, 0.2) is 5.96 Å². The molecule has 0 bridgehead atoms. The van der Waals surface area contributed by atoms with Gasteiger partial charge in [-0.25, -0.2) is 13.1 Å². The summed E-state index contributed by atoms with van der Waals surface area (Å²) < 4.78 is 24.4. The minimum atomic E-state index is -3.14. The first-order chi connectivity index (χ1) is 10.2. The van der Waals surface area contributed by atoms with Gasteiger partial charge < -0.3 is 10.6 Å². The van der Waals surface area contributed by atoms with Crippen molar-refractivity contribution in [2.24, 2.45) is 4.99 Å². The molecule has 7 nitrogen and oxygen atoms in total. The Balaban J connectivity index is 2.33. The molecule has 1 heterocycles. The first-order valence-corrected chi connectivity index (χ1v) is 9.78. The third-order valence-corrected chi connectivity index (χ3v) is 4.63. The van der Waals surface area contributed by atoms with Gasteiger partial charge in [-0.2, -0.15) is 0 Å². The average molecular weight is 334 g/mol. The molecule has 0 amide bonds. The molecule has 22 heavy (non-hydrogen) atoms. The van der Waals surface area contributed by atoms with Crippen LogP contribution in [-0.4, -0.2) is 70.8 Å². The van der Waals surface area contributed by atoms with Crippen LogP contribution in [0, 0.1) is 0 Å². The summed E-state index contributed by atoms with van der Waals surface area (Å²) in [5.74, 6) is 0.695. The van der Waals surface area contributed by atoms with Crippen LogP contribution in [0.1, 0.15) is 33.1 Å². The lowest BCUT2D eigenvalue weighted by Crippen LogP contribution is -2.55. The fraction of sp³-hybridized carbons (Fsp3) is 0.929. The first kappa shape index (κ1) is 19.2. The molecular weight excluding hydrogens is 302 g/mol. The molecule has 3 N–H and O–H groups in total. The SMILES string of the molecule is CN=C(NCCNS(C)(=O)=O)NCC(C)(C)N1CCCCC1. The van der Waals surface area contributed by atoms with Crippen LogP contribution in [0.2, 0.25) is 0 Å². The normalized spacial score (nSPS) is 18.3. The molecule has 0 aromatic heterocycles. The van der Waals surface area contributed by atoms with E-state index < -0.39 is 10.0 Å². The lowest BCUT2D eigenvalue weighted by atomic mass is 9.98. The summed E-state index contributed by atoms with van der Waals surface area (Å²) in [7, 11) is -1.42. The molecule has 1 fully saturated rings. The van der Waals surface area contributed by atoms with Crippen LogP contribution in [0.3, 0.4) is 0 Å². The van der Waals surface area contributed by atoms with Gasteiger partial charge in [0, 0.05) is 32.2 Å². The Morgan fingerprint density at radius 3 is 2.32 bits per heavy atom. The topological polar surface area (TPSA) is 85.8 Å². The van der Waals surface area contributed by atoms with Gasteiger partial charge >= 0.3 is 0 Å². The highest BCUT2D eigenvalue weighted by molar-refractivity contribution is 7.88. The van der Waals surface area contributed by atoms with Crippen molar-refractivity contribution in [3.63, 3.8) is 0 Å². The highest BCUT2D eigenvalue weighted by Crippen LogP contribution is 2.19. The number of aliphatic imine (C=N–C) groups is 1. The molecule has 130 valence electrons. The molecule has 0 radical (unpaired) electrons. The summed E-state index contributed by atoms with van der Waals surface area (Å²) in [5.41, 5.74) is 0.0725. The van der Waals surface area contributed by atoms with Crippen molar-refractivity contribution >= 4 is 16.0 Å². The second-order valence-electron chi connectivity index (χ2n) is 6.38. The van der Waals surface area contributed by atoms with Crippen molar-refractivity contribution in [2.45, 2.75) is 38.6 Å². The second-order valence-corrected chi connectivity index (χ2v) is 8.21. The molecule has 0 atom stereocenters. The lowest BCUT2D eigenvalue weighted by molar-refractivity contribution is 0.0982. The predicted octanol–water partition coefficient (Wildman–Crippen LogP) is -0.0349. The number of piperidine rings is 1. The summed E-state index contributed by atoms with van der Waals surface area (Å²) in [6, 6.07) is 0. The molecular formula is C14H31N5O2S. The fourth-order valence-electron chi connectivity index (χ4n) is 2.55. The van der Waals surface area contributed by atoms with Crippen LogP contribution >= 0.6 is 0 Å². The highest BCUT2D eigenvalue weighted by atomic mass is 32.2. The molecule has 0 aromatic rings. The molecule has 0 unspecified atom stereocenters. The maximum atomic E-state index is 11.0. The number of likely N-dealkylation sites (tertiary alicyclic amines) is 1. The molecule has 1 aliphatic rings. The Kier molecular flexibility index (Phi) is 7.58. The van der Waals surface area contributed by atoms with Crippen molar-refractivity contribution in [1.29, 1.82) is 0 Å². The zero-order valence-electron chi connectivity index (χ0n) is 14.3. The Hall–Kier alpha value is -0.860. The van der Waals surface area contributed by atoms with Gasteiger partial charge in [-0.15, -0.1) is 0 Å². The Labute approximate surface area is 135 Å². The first-order valence-electron chi connectivity index (χ1n) is 7.89. The highest BCUT2D eigenvalue weighted by Gasteiger charge is 2.27. The summed E-state index contributed by atoms with van der Waals surface area (Å²) >= 11 is 0. The number of nitrogens with one attached hydrogen (secondary N) is 3. The van der Waals surface area contributed by atoms with E-state index in [9.17, 15) is 8.42 Å². The zero-order valence-corrected chi connectivity index (χ0v) is 15.1. The van der Waals surface area contributed by atoms with Crippen molar-refractivity contribution < 1.29 is 8.42 Å². The maximum Gasteiger partial charge on any atom is 0.208 e. The molecule has 0 saturated carbocycles. The van der Waals surface area contributed by atoms with Gasteiger partial charge in [-0.1, -0.05) is 6.42 Å². The van der Waals surface area contributed by atoms with Crippen molar-refractivity contribution in [3.8, 4) is 0 Å². The average Bonchev–Trinajstić information content (AvgIpc) is 2.46. The van der Waals surface area contributed by atoms with Crippen LogP contribution < -0.4 is 15.4 Å². The standard InChI is InChI=1S/C14H31N5O2S/c1-14(2,19-10-6-5-7-11-19)12-17-13(15-3)16-8-9-18-22(4,20)21/h18H,5-12H2,1-4H3,(H2,15,16,17). The predicted molar refractivity (Wildman–Crippen MR) is 91.7 cm³/mol. The quantitative estimate of drug-likeness (QED) is 0.346. The molecule has 1 rings (SSSR count). The van der Waals surface area contributed by atoms with E-state index in [4.69, 9.17) is 0 Å². The van der Waals surface area contributed by atoms with Gasteiger partial charge in [0.25, 0.3) is 0 Å². The smallest absolute Gasteiger partial charge is 0.208 e. The summed E-state index contributed by atoms with van der Waals surface area (Å²) in [6.45, 7) is 8.42. The van der Waals surface area contributed by atoms with Crippen molar-refractivity contribution in [2.75, 3.05) is 46.0 Å². The van der Waals surface area contributed by atoms with Crippen molar-refractivity contribution in [1.82, 2.24) is 20.3 Å². The lowest BCUT2D eigenvalue weighted by Gasteiger charge is -2.41. The minimum Gasteiger partial charge on any atom is -0.355 e. The molecule has 0 aliphatic carbocycles. The van der Waals surface area contributed by atoms with Gasteiger partial charge in [0.2, 0.25) is 10.0 Å². The van der Waals surface area contributed by atoms with E-state index in [1.165, 1.54) is 19.3 Å². The maximum absolute atomic E-state index is 11.0. The van der Waals surface area contributed by atoms with E-state index in [2.05, 4.69) is 39.1 Å². The number of guanidine groups is 1. The number of rotatable bonds is 7. The summed E-state index contributed by atoms with van der Waals surface area (Å²) in [5, 5.41) is 6.44. The Morgan fingerprint density at radius 2 is 1.77 bits per heavy atom. The van der Waals surface area contributed by atoms with Crippen LogP contribution in [0.5, 0.6) is 0 Å². The van der Waals surface area contributed by atoms with Crippen LogP contribution in [0.25, 0.3) is 0 Å². The monoisotopic (exact) mass is 333 g/mol. The molecule has 8 heteroatoms. The molecule has 1 saturated heterocycles. The zero-order chi connectivity index (χ0) is 16.6. The molecule has 0 aromatic carbocycles.